The van der Waals surface area contributed by atoms with Crippen molar-refractivity contribution in [3.63, 3.8) is 0 Å². The van der Waals surface area contributed by atoms with E-state index in [0.717, 1.165) is 33.7 Å². The van der Waals surface area contributed by atoms with Gasteiger partial charge in [-0.05, 0) is 30.3 Å². The lowest BCUT2D eigenvalue weighted by Crippen LogP contribution is -2.24. The van der Waals surface area contributed by atoms with Crippen molar-refractivity contribution < 1.29 is 0 Å². The third kappa shape index (κ3) is 3.47. The lowest BCUT2D eigenvalue weighted by Gasteiger charge is -2.28. The van der Waals surface area contributed by atoms with Gasteiger partial charge in [0.15, 0.2) is 0 Å². The van der Waals surface area contributed by atoms with Crippen molar-refractivity contribution in [2.24, 2.45) is 4.99 Å². The molecule has 46 heavy (non-hydrogen) atoms. The second-order valence-electron chi connectivity index (χ2n) is 12.0. The molecule has 7 aromatic carbocycles. The smallest absolute Gasteiger partial charge is 0.201 e. The summed E-state index contributed by atoms with van der Waals surface area (Å²) in [5.74, 6) is 0. The first-order valence-electron chi connectivity index (χ1n) is 15.8. The summed E-state index contributed by atoms with van der Waals surface area (Å²) in [6.07, 6.45) is -0.351. The molecule has 216 valence electrons. The molecule has 1 aliphatic heterocycles. The van der Waals surface area contributed by atoms with Crippen molar-refractivity contribution in [1.82, 2.24) is 9.13 Å². The maximum absolute atomic E-state index is 5.50. The Labute approximate surface area is 265 Å². The Morgan fingerprint density at radius 3 is 1.78 bits per heavy atom. The van der Waals surface area contributed by atoms with Gasteiger partial charge in [0.2, 0.25) is 6.29 Å². The van der Waals surface area contributed by atoms with Gasteiger partial charge in [-0.3, -0.25) is 0 Å². The van der Waals surface area contributed by atoms with Crippen LogP contribution in [0.3, 0.4) is 0 Å². The van der Waals surface area contributed by atoms with Gasteiger partial charge in [-0.25, -0.2) is 4.99 Å². The van der Waals surface area contributed by atoms with Crippen LogP contribution in [0.25, 0.3) is 60.1 Å². The minimum absolute atomic E-state index is 0.351. The molecule has 4 nitrogen and oxygen atoms in total. The largest absolute Gasteiger partial charge is 0.346 e. The van der Waals surface area contributed by atoms with Gasteiger partial charge in [-0.2, -0.15) is 0 Å². The van der Waals surface area contributed by atoms with Crippen LogP contribution >= 0.6 is 0 Å². The van der Waals surface area contributed by atoms with Crippen molar-refractivity contribution in [3.05, 3.63) is 169 Å². The maximum Gasteiger partial charge on any atom is 0.201 e. The third-order valence-corrected chi connectivity index (χ3v) is 9.50. The van der Waals surface area contributed by atoms with Gasteiger partial charge in [0.25, 0.3) is 0 Å². The average molecular weight is 589 g/mol. The summed E-state index contributed by atoms with van der Waals surface area (Å²) in [5.41, 5.74) is 10.2. The number of aliphatic imine (C=N–C) groups is 1. The fraction of sp³-hybridized carbons (Fsp3) is 0.0238. The van der Waals surface area contributed by atoms with Crippen LogP contribution in [0.15, 0.2) is 163 Å². The predicted molar refractivity (Wildman–Crippen MR) is 192 cm³/mol. The van der Waals surface area contributed by atoms with Crippen LogP contribution in [-0.2, 0) is 0 Å². The highest BCUT2D eigenvalue weighted by Crippen LogP contribution is 2.47. The molecule has 1 N–H and O–H groups in total. The summed E-state index contributed by atoms with van der Waals surface area (Å²) in [6.45, 7) is 0. The van der Waals surface area contributed by atoms with Crippen LogP contribution in [0, 0.1) is 0 Å². The molecule has 0 aliphatic carbocycles. The molecule has 3 heterocycles. The van der Waals surface area contributed by atoms with Crippen molar-refractivity contribution >= 4 is 65.8 Å². The molecule has 10 rings (SSSR count). The first-order valence-corrected chi connectivity index (χ1v) is 15.8. The van der Waals surface area contributed by atoms with E-state index in [1.54, 1.807) is 0 Å². The first kappa shape index (κ1) is 25.2. The van der Waals surface area contributed by atoms with Crippen molar-refractivity contribution in [1.29, 1.82) is 0 Å². The molecular weight excluding hydrogens is 560 g/mol. The number of para-hydroxylation sites is 4. The lowest BCUT2D eigenvalue weighted by molar-refractivity contribution is 0.626. The number of anilines is 1. The molecule has 0 saturated carbocycles. The van der Waals surface area contributed by atoms with E-state index in [1.165, 1.54) is 48.9 Å². The third-order valence-electron chi connectivity index (χ3n) is 9.50. The van der Waals surface area contributed by atoms with Gasteiger partial charge in [0.1, 0.15) is 0 Å². The average Bonchev–Trinajstić information content (AvgIpc) is 3.66. The minimum Gasteiger partial charge on any atom is -0.346 e. The molecule has 0 bridgehead atoms. The van der Waals surface area contributed by atoms with E-state index < -0.39 is 0 Å². The Balaban J connectivity index is 1.40. The second kappa shape index (κ2) is 9.68. The van der Waals surface area contributed by atoms with Crippen molar-refractivity contribution in [2.75, 3.05) is 5.32 Å². The monoisotopic (exact) mass is 588 g/mol. The fourth-order valence-corrected chi connectivity index (χ4v) is 7.65. The van der Waals surface area contributed by atoms with E-state index in [9.17, 15) is 0 Å². The van der Waals surface area contributed by atoms with Gasteiger partial charge in [-0.1, -0.05) is 127 Å². The molecule has 4 heteroatoms. The van der Waals surface area contributed by atoms with E-state index in [0.29, 0.717) is 0 Å². The first-order chi connectivity index (χ1) is 22.9. The van der Waals surface area contributed by atoms with E-state index in [2.05, 4.69) is 172 Å². The second-order valence-corrected chi connectivity index (χ2v) is 12.0. The molecular formula is C42H28N4. The number of benzene rings is 7. The topological polar surface area (TPSA) is 34.2 Å². The molecule has 0 saturated heterocycles. The van der Waals surface area contributed by atoms with Gasteiger partial charge in [0, 0.05) is 54.8 Å². The summed E-state index contributed by atoms with van der Waals surface area (Å²) in [6, 6.07) is 56.3. The highest BCUT2D eigenvalue weighted by molar-refractivity contribution is 6.37. The normalized spacial score (nSPS) is 14.6. The highest BCUT2D eigenvalue weighted by Gasteiger charge is 2.28. The van der Waals surface area contributed by atoms with E-state index in [1.807, 2.05) is 0 Å². The fourth-order valence-electron chi connectivity index (χ4n) is 7.65. The number of nitrogens with zero attached hydrogens (tertiary/aromatic N) is 3. The standard InChI is InChI=1S/C42H28N4/c1-3-15-27(16-4-1)39-31-21-9-12-24-34(31)43-42(44-39)46-36-26-14-11-23-33(36)38-37-32-22-10-13-25-35(32)45(28-17-5-2-6-18-28)40(37)29-19-7-8-20-30(29)41(38)46/h1-26,42-43H. The van der Waals surface area contributed by atoms with E-state index >= 15 is 0 Å². The number of rotatable bonds is 3. The van der Waals surface area contributed by atoms with Gasteiger partial charge in [0.05, 0.1) is 27.8 Å². The van der Waals surface area contributed by atoms with Crippen LogP contribution < -0.4 is 5.32 Å². The summed E-state index contributed by atoms with van der Waals surface area (Å²) in [4.78, 5) is 5.50. The zero-order valence-corrected chi connectivity index (χ0v) is 24.9. The number of aromatic nitrogens is 2. The van der Waals surface area contributed by atoms with Gasteiger partial charge < -0.3 is 14.5 Å². The van der Waals surface area contributed by atoms with Crippen LogP contribution in [-0.4, -0.2) is 14.8 Å². The summed E-state index contributed by atoms with van der Waals surface area (Å²) < 4.78 is 4.87. The van der Waals surface area contributed by atoms with E-state index in [4.69, 9.17) is 4.99 Å². The Morgan fingerprint density at radius 1 is 0.478 bits per heavy atom. The summed E-state index contributed by atoms with van der Waals surface area (Å²) >= 11 is 0. The maximum atomic E-state index is 5.50. The van der Waals surface area contributed by atoms with Crippen LogP contribution in [0.4, 0.5) is 5.69 Å². The number of hydrogen-bond acceptors (Lipinski definition) is 2. The van der Waals surface area contributed by atoms with Crippen molar-refractivity contribution in [3.8, 4) is 5.69 Å². The predicted octanol–water partition coefficient (Wildman–Crippen LogP) is 10.5. The molecule has 0 fully saturated rings. The van der Waals surface area contributed by atoms with Gasteiger partial charge in [-0.15, -0.1) is 0 Å². The van der Waals surface area contributed by atoms with Crippen LogP contribution in [0.1, 0.15) is 17.4 Å². The molecule has 0 radical (unpaired) electrons. The summed E-state index contributed by atoms with van der Waals surface area (Å²) in [5, 5.41) is 11.3. The van der Waals surface area contributed by atoms with Crippen LogP contribution in [0.2, 0.25) is 0 Å². The SMILES string of the molecule is c1ccc(C2=NC(n3c4ccccc4c4c5c6ccccc6n(-c6ccccc6)c5c5ccccc5c43)Nc3ccccc32)cc1. The van der Waals surface area contributed by atoms with E-state index in [-0.39, 0.29) is 6.29 Å². The Morgan fingerprint density at radius 2 is 1.02 bits per heavy atom. The molecule has 1 unspecified atom stereocenters. The lowest BCUT2D eigenvalue weighted by atomic mass is 9.99. The molecule has 1 aliphatic rings. The quantitative estimate of drug-likeness (QED) is 0.219. The Hall–Kier alpha value is -6.13. The molecule has 2 aromatic heterocycles. The highest BCUT2D eigenvalue weighted by atomic mass is 15.3. The minimum atomic E-state index is -0.351. The molecule has 1 atom stereocenters. The number of hydrogen-bond donors (Lipinski definition) is 1. The summed E-state index contributed by atoms with van der Waals surface area (Å²) in [7, 11) is 0. The number of fused-ring (bicyclic) bond motifs is 11. The Bertz CT molecular complexity index is 2660. The molecule has 0 spiro atoms. The Kier molecular flexibility index (Phi) is 5.31. The van der Waals surface area contributed by atoms with Gasteiger partial charge >= 0.3 is 0 Å². The van der Waals surface area contributed by atoms with Crippen molar-refractivity contribution in [2.45, 2.75) is 6.29 Å². The number of nitrogens with one attached hydrogen (secondary N) is 1. The zero-order chi connectivity index (χ0) is 30.2. The molecule has 0 amide bonds. The zero-order valence-electron chi connectivity index (χ0n) is 24.9. The van der Waals surface area contributed by atoms with Crippen LogP contribution in [0.5, 0.6) is 0 Å². The molecule has 9 aromatic rings.